The maximum absolute atomic E-state index is 12.3. The van der Waals surface area contributed by atoms with E-state index in [0.29, 0.717) is 23.6 Å². The number of methoxy groups -OCH3 is 1. The highest BCUT2D eigenvalue weighted by Gasteiger charge is 2.15. The average Bonchev–Trinajstić information content (AvgIpc) is 3.24. The lowest BCUT2D eigenvalue weighted by Crippen LogP contribution is -2.24. The van der Waals surface area contributed by atoms with Gasteiger partial charge in [0, 0.05) is 12.1 Å². The molecule has 3 aromatic rings. The lowest BCUT2D eigenvalue weighted by Gasteiger charge is -2.08. The van der Waals surface area contributed by atoms with E-state index in [1.165, 1.54) is 30.5 Å². The Morgan fingerprint density at radius 2 is 1.82 bits per heavy atom. The zero-order chi connectivity index (χ0) is 20.0. The fourth-order valence-corrected chi connectivity index (χ4v) is 3.51. The van der Waals surface area contributed by atoms with Gasteiger partial charge in [-0.1, -0.05) is 12.1 Å². The van der Waals surface area contributed by atoms with Crippen molar-refractivity contribution in [2.75, 3.05) is 7.11 Å². The van der Waals surface area contributed by atoms with Crippen LogP contribution in [0.4, 0.5) is 0 Å². The van der Waals surface area contributed by atoms with Crippen LogP contribution in [0.5, 0.6) is 5.75 Å². The Kier molecular flexibility index (Phi) is 6.13. The Labute approximate surface area is 163 Å². The molecule has 0 aliphatic rings. The Bertz CT molecular complexity index is 1030. The number of carbonyl (C=O) groups is 1. The molecule has 0 spiro atoms. The second-order valence-corrected chi connectivity index (χ2v) is 7.73. The molecule has 0 radical (unpaired) electrons. The summed E-state index contributed by atoms with van der Waals surface area (Å²) >= 11 is 0. The highest BCUT2D eigenvalue weighted by atomic mass is 32.2. The van der Waals surface area contributed by atoms with E-state index >= 15 is 0 Å². The van der Waals surface area contributed by atoms with E-state index in [4.69, 9.17) is 9.15 Å². The molecule has 1 amide bonds. The van der Waals surface area contributed by atoms with Gasteiger partial charge in [-0.3, -0.25) is 4.79 Å². The average molecular weight is 400 g/mol. The van der Waals surface area contributed by atoms with E-state index in [-0.39, 0.29) is 17.3 Å². The molecule has 0 aliphatic carbocycles. The fraction of sp³-hybridized carbons (Fsp3) is 0.150. The summed E-state index contributed by atoms with van der Waals surface area (Å²) in [5.74, 6) is 0.927. The van der Waals surface area contributed by atoms with Gasteiger partial charge in [-0.05, 0) is 54.1 Å². The van der Waals surface area contributed by atoms with Crippen molar-refractivity contribution in [1.29, 1.82) is 0 Å². The van der Waals surface area contributed by atoms with Gasteiger partial charge in [0.15, 0.2) is 0 Å². The van der Waals surface area contributed by atoms with Crippen molar-refractivity contribution in [1.82, 2.24) is 10.0 Å². The summed E-state index contributed by atoms with van der Waals surface area (Å²) < 4.78 is 37.3. The zero-order valence-corrected chi connectivity index (χ0v) is 16.0. The lowest BCUT2D eigenvalue weighted by atomic mass is 10.2. The third-order valence-electron chi connectivity index (χ3n) is 4.03. The summed E-state index contributed by atoms with van der Waals surface area (Å²) in [4.78, 5) is 12.4. The molecule has 0 atom stereocenters. The standard InChI is InChI=1S/C20H20N2O5S/c1-26-17-5-2-4-15(12-17)13-21-20(23)16-7-9-19(10-8-16)28(24,25)22-14-18-6-3-11-27-18/h2-12,22H,13-14H2,1H3,(H,21,23). The van der Waals surface area contributed by atoms with E-state index < -0.39 is 10.0 Å². The number of benzene rings is 2. The van der Waals surface area contributed by atoms with Crippen molar-refractivity contribution in [3.05, 3.63) is 83.8 Å². The minimum Gasteiger partial charge on any atom is -0.497 e. The number of nitrogens with one attached hydrogen (secondary N) is 2. The Morgan fingerprint density at radius 3 is 2.50 bits per heavy atom. The number of sulfonamides is 1. The SMILES string of the molecule is COc1cccc(CNC(=O)c2ccc(S(=O)(=O)NCc3ccco3)cc2)c1. The normalized spacial score (nSPS) is 11.2. The molecule has 0 unspecified atom stereocenters. The zero-order valence-electron chi connectivity index (χ0n) is 15.2. The van der Waals surface area contributed by atoms with Crippen LogP contribution in [-0.4, -0.2) is 21.4 Å². The van der Waals surface area contributed by atoms with Crippen LogP contribution < -0.4 is 14.8 Å². The number of hydrogen-bond acceptors (Lipinski definition) is 5. The Hall–Kier alpha value is -3.10. The van der Waals surface area contributed by atoms with Crippen molar-refractivity contribution in [2.45, 2.75) is 18.0 Å². The molecule has 3 rings (SSSR count). The topological polar surface area (TPSA) is 97.6 Å². The first-order valence-corrected chi connectivity index (χ1v) is 9.99. The highest BCUT2D eigenvalue weighted by molar-refractivity contribution is 7.89. The van der Waals surface area contributed by atoms with E-state index in [1.54, 1.807) is 19.2 Å². The molecule has 1 aromatic heterocycles. The molecule has 7 nitrogen and oxygen atoms in total. The van der Waals surface area contributed by atoms with Crippen molar-refractivity contribution < 1.29 is 22.4 Å². The van der Waals surface area contributed by atoms with Gasteiger partial charge in [-0.25, -0.2) is 13.1 Å². The molecule has 28 heavy (non-hydrogen) atoms. The van der Waals surface area contributed by atoms with Gasteiger partial charge >= 0.3 is 0 Å². The third kappa shape index (κ3) is 4.99. The molecule has 2 aromatic carbocycles. The first-order chi connectivity index (χ1) is 13.5. The van der Waals surface area contributed by atoms with Crippen LogP contribution in [0.25, 0.3) is 0 Å². The van der Waals surface area contributed by atoms with Gasteiger partial charge in [0.2, 0.25) is 10.0 Å². The summed E-state index contributed by atoms with van der Waals surface area (Å²) in [6, 6.07) is 16.5. The van der Waals surface area contributed by atoms with Crippen LogP contribution in [-0.2, 0) is 23.1 Å². The van der Waals surface area contributed by atoms with Gasteiger partial charge in [0.05, 0.1) is 24.8 Å². The van der Waals surface area contributed by atoms with Gasteiger partial charge in [-0.15, -0.1) is 0 Å². The molecular formula is C20H20N2O5S. The summed E-state index contributed by atoms with van der Waals surface area (Å²) in [5.41, 5.74) is 1.27. The molecule has 1 heterocycles. The minimum absolute atomic E-state index is 0.0537. The molecule has 0 bridgehead atoms. The van der Waals surface area contributed by atoms with Crippen molar-refractivity contribution >= 4 is 15.9 Å². The molecule has 0 saturated carbocycles. The van der Waals surface area contributed by atoms with Crippen molar-refractivity contribution in [3.8, 4) is 5.75 Å². The van der Waals surface area contributed by atoms with Crippen LogP contribution >= 0.6 is 0 Å². The second kappa shape index (κ2) is 8.73. The first kappa shape index (κ1) is 19.7. The summed E-state index contributed by atoms with van der Waals surface area (Å²) in [6.07, 6.45) is 1.47. The second-order valence-electron chi connectivity index (χ2n) is 5.96. The summed E-state index contributed by atoms with van der Waals surface area (Å²) in [7, 11) is -2.12. The third-order valence-corrected chi connectivity index (χ3v) is 5.45. The van der Waals surface area contributed by atoms with Crippen molar-refractivity contribution in [2.24, 2.45) is 0 Å². The van der Waals surface area contributed by atoms with E-state index in [0.717, 1.165) is 5.56 Å². The maximum Gasteiger partial charge on any atom is 0.251 e. The number of hydrogen-bond donors (Lipinski definition) is 2. The van der Waals surface area contributed by atoms with E-state index in [9.17, 15) is 13.2 Å². The molecule has 2 N–H and O–H groups in total. The molecule has 0 fully saturated rings. The van der Waals surface area contributed by atoms with Gasteiger partial charge < -0.3 is 14.5 Å². The van der Waals surface area contributed by atoms with E-state index in [1.807, 2.05) is 24.3 Å². The first-order valence-electron chi connectivity index (χ1n) is 8.51. The minimum atomic E-state index is -3.70. The molecule has 0 aliphatic heterocycles. The fourth-order valence-electron chi connectivity index (χ4n) is 2.51. The predicted molar refractivity (Wildman–Crippen MR) is 103 cm³/mol. The quantitative estimate of drug-likeness (QED) is 0.606. The lowest BCUT2D eigenvalue weighted by molar-refractivity contribution is 0.0950. The summed E-state index contributed by atoms with van der Waals surface area (Å²) in [6.45, 7) is 0.388. The monoisotopic (exact) mass is 400 g/mol. The van der Waals surface area contributed by atoms with Crippen LogP contribution in [0, 0.1) is 0 Å². The molecule has 146 valence electrons. The van der Waals surface area contributed by atoms with E-state index in [2.05, 4.69) is 10.0 Å². The Morgan fingerprint density at radius 1 is 1.04 bits per heavy atom. The number of rotatable bonds is 8. The van der Waals surface area contributed by atoms with Gasteiger partial charge in [-0.2, -0.15) is 0 Å². The number of amides is 1. The Balaban J connectivity index is 1.60. The smallest absolute Gasteiger partial charge is 0.251 e. The van der Waals surface area contributed by atoms with Gasteiger partial charge in [0.1, 0.15) is 11.5 Å². The summed E-state index contributed by atoms with van der Waals surface area (Å²) in [5, 5.41) is 2.80. The molecule has 0 saturated heterocycles. The van der Waals surface area contributed by atoms with Crippen LogP contribution in [0.3, 0.4) is 0 Å². The molecule has 8 heteroatoms. The van der Waals surface area contributed by atoms with Gasteiger partial charge in [0.25, 0.3) is 5.91 Å². The number of ether oxygens (including phenoxy) is 1. The van der Waals surface area contributed by atoms with Crippen molar-refractivity contribution in [3.63, 3.8) is 0 Å². The molecular weight excluding hydrogens is 380 g/mol. The predicted octanol–water partition coefficient (Wildman–Crippen LogP) is 2.70. The van der Waals surface area contributed by atoms with Crippen LogP contribution in [0.2, 0.25) is 0 Å². The van der Waals surface area contributed by atoms with Crippen LogP contribution in [0.1, 0.15) is 21.7 Å². The highest BCUT2D eigenvalue weighted by Crippen LogP contribution is 2.14. The largest absolute Gasteiger partial charge is 0.497 e. The number of furan rings is 1. The number of carbonyl (C=O) groups excluding carboxylic acids is 1. The maximum atomic E-state index is 12.3. The van der Waals surface area contributed by atoms with Crippen LogP contribution in [0.15, 0.2) is 76.2 Å².